The predicted molar refractivity (Wildman–Crippen MR) is 121 cm³/mol. The molecule has 0 spiro atoms. The van der Waals surface area contributed by atoms with Gasteiger partial charge in [0.05, 0.1) is 9.60 Å². The number of carbonyl (C=O) groups excluding carboxylic acids is 1. The molecule has 1 aromatic heterocycles. The first-order valence-electron chi connectivity index (χ1n) is 8.98. The standard InChI is InChI=1S/C20H22FN3O3S2.ClH/c1-23(2)12-5-13-24(20-22-18-16(21)6-4-7-17(18)28-20)19(25)14-8-10-15(11-9-14)29(3,26)27;/h4,6-11H,5,12-13H2,1-3H3;1H. The van der Waals surface area contributed by atoms with Gasteiger partial charge in [-0.05, 0) is 63.5 Å². The van der Waals surface area contributed by atoms with Crippen molar-refractivity contribution >= 4 is 54.8 Å². The van der Waals surface area contributed by atoms with E-state index in [4.69, 9.17) is 0 Å². The Morgan fingerprint density at radius 1 is 1.10 bits per heavy atom. The van der Waals surface area contributed by atoms with E-state index in [1.807, 2.05) is 19.0 Å². The quantitative estimate of drug-likeness (QED) is 0.523. The Kier molecular flexibility index (Phi) is 7.93. The minimum Gasteiger partial charge on any atom is -0.309 e. The monoisotopic (exact) mass is 471 g/mol. The van der Waals surface area contributed by atoms with Crippen LogP contribution in [-0.4, -0.2) is 57.6 Å². The summed E-state index contributed by atoms with van der Waals surface area (Å²) in [6.45, 7) is 1.18. The molecule has 0 bridgehead atoms. The molecule has 0 aliphatic heterocycles. The molecule has 3 rings (SSSR count). The topological polar surface area (TPSA) is 70.6 Å². The number of nitrogens with zero attached hydrogens (tertiary/aromatic N) is 3. The maximum absolute atomic E-state index is 14.1. The summed E-state index contributed by atoms with van der Waals surface area (Å²) in [7, 11) is 0.549. The van der Waals surface area contributed by atoms with Crippen molar-refractivity contribution in [2.24, 2.45) is 0 Å². The molecule has 0 aliphatic carbocycles. The molecule has 0 N–H and O–H groups in total. The van der Waals surface area contributed by atoms with Crippen LogP contribution < -0.4 is 4.90 Å². The Hall–Kier alpha value is -2.07. The van der Waals surface area contributed by atoms with E-state index in [1.165, 1.54) is 46.6 Å². The van der Waals surface area contributed by atoms with Gasteiger partial charge in [-0.3, -0.25) is 9.69 Å². The Bertz CT molecular complexity index is 1130. The molecule has 0 saturated heterocycles. The average molecular weight is 472 g/mol. The molecule has 162 valence electrons. The molecule has 0 atom stereocenters. The van der Waals surface area contributed by atoms with Gasteiger partial charge in [0.2, 0.25) is 0 Å². The summed E-state index contributed by atoms with van der Waals surface area (Å²) in [4.78, 5) is 21.2. The van der Waals surface area contributed by atoms with Crippen LogP contribution >= 0.6 is 23.7 Å². The van der Waals surface area contributed by atoms with Crippen LogP contribution in [0.5, 0.6) is 0 Å². The fourth-order valence-electron chi connectivity index (χ4n) is 2.85. The summed E-state index contributed by atoms with van der Waals surface area (Å²) in [5, 5.41) is 0.418. The Morgan fingerprint density at radius 2 is 1.77 bits per heavy atom. The van der Waals surface area contributed by atoms with E-state index >= 15 is 0 Å². The van der Waals surface area contributed by atoms with Gasteiger partial charge in [0.15, 0.2) is 15.0 Å². The third kappa shape index (κ3) is 5.54. The molecule has 3 aromatic rings. The van der Waals surface area contributed by atoms with Gasteiger partial charge in [-0.1, -0.05) is 17.4 Å². The lowest BCUT2D eigenvalue weighted by atomic mass is 10.2. The lowest BCUT2D eigenvalue weighted by Crippen LogP contribution is -2.33. The molecule has 30 heavy (non-hydrogen) atoms. The van der Waals surface area contributed by atoms with Gasteiger partial charge in [0.1, 0.15) is 11.3 Å². The van der Waals surface area contributed by atoms with Crippen molar-refractivity contribution in [2.45, 2.75) is 11.3 Å². The highest BCUT2D eigenvalue weighted by Crippen LogP contribution is 2.31. The number of halogens is 2. The van der Waals surface area contributed by atoms with E-state index in [2.05, 4.69) is 4.98 Å². The van der Waals surface area contributed by atoms with Crippen LogP contribution in [0.3, 0.4) is 0 Å². The number of carbonyl (C=O) groups is 1. The van der Waals surface area contributed by atoms with Crippen LogP contribution in [0.15, 0.2) is 47.4 Å². The number of amides is 1. The largest absolute Gasteiger partial charge is 0.309 e. The Balaban J connectivity index is 0.00000320. The number of sulfone groups is 1. The lowest BCUT2D eigenvalue weighted by molar-refractivity contribution is 0.0986. The van der Waals surface area contributed by atoms with Crippen LogP contribution in [0.4, 0.5) is 9.52 Å². The number of rotatable bonds is 7. The molecule has 0 saturated carbocycles. The van der Waals surface area contributed by atoms with Crippen molar-refractivity contribution in [3.8, 4) is 0 Å². The van der Waals surface area contributed by atoms with Crippen LogP contribution in [-0.2, 0) is 9.84 Å². The van der Waals surface area contributed by atoms with E-state index in [1.54, 1.807) is 12.1 Å². The van der Waals surface area contributed by atoms with Gasteiger partial charge in [-0.2, -0.15) is 0 Å². The second-order valence-electron chi connectivity index (χ2n) is 6.99. The van der Waals surface area contributed by atoms with Crippen molar-refractivity contribution in [3.05, 3.63) is 53.8 Å². The van der Waals surface area contributed by atoms with Gasteiger partial charge < -0.3 is 4.90 Å². The van der Waals surface area contributed by atoms with E-state index < -0.39 is 15.7 Å². The van der Waals surface area contributed by atoms with E-state index in [0.717, 1.165) is 12.8 Å². The van der Waals surface area contributed by atoms with Gasteiger partial charge in [-0.15, -0.1) is 12.4 Å². The highest BCUT2D eigenvalue weighted by molar-refractivity contribution is 7.90. The molecular weight excluding hydrogens is 449 g/mol. The van der Waals surface area contributed by atoms with Crippen LogP contribution in [0.25, 0.3) is 10.2 Å². The van der Waals surface area contributed by atoms with Crippen molar-refractivity contribution < 1.29 is 17.6 Å². The van der Waals surface area contributed by atoms with E-state index in [9.17, 15) is 17.6 Å². The molecular formula is C20H23ClFN3O3S2. The number of thiazole rings is 1. The van der Waals surface area contributed by atoms with Crippen molar-refractivity contribution in [2.75, 3.05) is 38.3 Å². The minimum atomic E-state index is -3.35. The summed E-state index contributed by atoms with van der Waals surface area (Å²) in [5.74, 6) is -0.730. The molecule has 6 nitrogen and oxygen atoms in total. The fraction of sp³-hybridized carbons (Fsp3) is 0.300. The highest BCUT2D eigenvalue weighted by atomic mass is 35.5. The Morgan fingerprint density at radius 3 is 2.33 bits per heavy atom. The molecule has 0 unspecified atom stereocenters. The number of hydrogen-bond acceptors (Lipinski definition) is 6. The Labute approximate surface area is 185 Å². The number of fused-ring (bicyclic) bond motifs is 1. The first-order chi connectivity index (χ1) is 13.7. The third-order valence-electron chi connectivity index (χ3n) is 4.35. The summed E-state index contributed by atoms with van der Waals surface area (Å²) in [5.41, 5.74) is 0.590. The minimum absolute atomic E-state index is 0. The van der Waals surface area contributed by atoms with E-state index in [0.29, 0.717) is 28.4 Å². The second-order valence-corrected chi connectivity index (χ2v) is 10.0. The van der Waals surface area contributed by atoms with Crippen molar-refractivity contribution in [1.82, 2.24) is 9.88 Å². The van der Waals surface area contributed by atoms with Crippen molar-refractivity contribution in [1.29, 1.82) is 0 Å². The zero-order valence-electron chi connectivity index (χ0n) is 16.8. The van der Waals surface area contributed by atoms with Crippen LogP contribution in [0.1, 0.15) is 16.8 Å². The number of para-hydroxylation sites is 1. The van der Waals surface area contributed by atoms with E-state index in [-0.39, 0.29) is 28.7 Å². The average Bonchev–Trinajstić information content (AvgIpc) is 3.09. The molecule has 1 heterocycles. The van der Waals surface area contributed by atoms with Gasteiger partial charge in [-0.25, -0.2) is 17.8 Å². The first kappa shape index (κ1) is 24.2. The fourth-order valence-corrected chi connectivity index (χ4v) is 4.48. The summed E-state index contributed by atoms with van der Waals surface area (Å²) < 4.78 is 38.1. The molecule has 0 fully saturated rings. The maximum Gasteiger partial charge on any atom is 0.260 e. The molecule has 0 radical (unpaired) electrons. The number of benzene rings is 2. The van der Waals surface area contributed by atoms with Gasteiger partial charge in [0, 0.05) is 18.4 Å². The first-order valence-corrected chi connectivity index (χ1v) is 11.7. The number of aromatic nitrogens is 1. The summed E-state index contributed by atoms with van der Waals surface area (Å²) in [6.07, 6.45) is 1.83. The second kappa shape index (κ2) is 9.82. The normalized spacial score (nSPS) is 11.5. The molecule has 2 aromatic carbocycles. The molecule has 1 amide bonds. The zero-order chi connectivity index (χ0) is 21.2. The van der Waals surface area contributed by atoms with Gasteiger partial charge in [0.25, 0.3) is 5.91 Å². The summed E-state index contributed by atoms with van der Waals surface area (Å²) >= 11 is 1.25. The van der Waals surface area contributed by atoms with Gasteiger partial charge >= 0.3 is 0 Å². The van der Waals surface area contributed by atoms with Crippen LogP contribution in [0.2, 0.25) is 0 Å². The number of anilines is 1. The molecule has 0 aliphatic rings. The summed E-state index contributed by atoms with van der Waals surface area (Å²) in [6, 6.07) is 10.5. The number of hydrogen-bond donors (Lipinski definition) is 0. The third-order valence-corrected chi connectivity index (χ3v) is 6.52. The lowest BCUT2D eigenvalue weighted by Gasteiger charge is -2.21. The van der Waals surface area contributed by atoms with Crippen molar-refractivity contribution in [3.63, 3.8) is 0 Å². The molecule has 10 heteroatoms. The SMILES string of the molecule is CN(C)CCCN(C(=O)c1ccc(S(C)(=O)=O)cc1)c1nc2c(F)cccc2s1.Cl. The maximum atomic E-state index is 14.1. The zero-order valence-corrected chi connectivity index (χ0v) is 19.3. The smallest absolute Gasteiger partial charge is 0.260 e. The van der Waals surface area contributed by atoms with Crippen LogP contribution in [0, 0.1) is 5.82 Å². The highest BCUT2D eigenvalue weighted by Gasteiger charge is 2.22. The predicted octanol–water partition coefficient (Wildman–Crippen LogP) is 3.86.